The molecule has 3 N–H and O–H groups in total. The molecule has 0 aromatic heterocycles. The van der Waals surface area contributed by atoms with E-state index in [0.717, 1.165) is 17.9 Å². The van der Waals surface area contributed by atoms with Gasteiger partial charge in [-0.2, -0.15) is 0 Å². The van der Waals surface area contributed by atoms with Gasteiger partial charge in [0.15, 0.2) is 11.5 Å². The van der Waals surface area contributed by atoms with E-state index >= 15 is 0 Å². The van der Waals surface area contributed by atoms with Gasteiger partial charge in [-0.1, -0.05) is 0 Å². The van der Waals surface area contributed by atoms with Crippen LogP contribution in [0.15, 0.2) is 18.2 Å². The van der Waals surface area contributed by atoms with E-state index in [4.69, 9.17) is 15.2 Å². The molecule has 5 nitrogen and oxygen atoms in total. The number of rotatable bonds is 4. The van der Waals surface area contributed by atoms with Crippen LogP contribution < -0.4 is 20.5 Å². The molecule has 2 rings (SSSR count). The van der Waals surface area contributed by atoms with Crippen LogP contribution in [0.1, 0.15) is 26.2 Å². The van der Waals surface area contributed by atoms with Crippen molar-refractivity contribution in [2.45, 2.75) is 32.2 Å². The van der Waals surface area contributed by atoms with Crippen molar-refractivity contribution in [3.8, 4) is 11.5 Å². The summed E-state index contributed by atoms with van der Waals surface area (Å²) in [5.41, 5.74) is 6.35. The fourth-order valence-electron chi connectivity index (χ4n) is 1.82. The molecule has 1 heterocycles. The Bertz CT molecular complexity index is 446. The van der Waals surface area contributed by atoms with Crippen LogP contribution in [0.25, 0.3) is 0 Å². The Balaban J connectivity index is 1.97. The minimum atomic E-state index is -0.0354. The molecular formula is C14H20N2O3. The average Bonchev–Trinajstić information content (AvgIpc) is 2.61. The number of fused-ring (bicyclic) bond motifs is 1. The molecule has 1 amide bonds. The Kier molecular flexibility index (Phi) is 4.63. The van der Waals surface area contributed by atoms with E-state index in [1.807, 2.05) is 19.1 Å². The molecule has 1 atom stereocenters. The lowest BCUT2D eigenvalue weighted by Crippen LogP contribution is -2.19. The van der Waals surface area contributed by atoms with Gasteiger partial charge in [-0.05, 0) is 25.5 Å². The number of benzene rings is 1. The van der Waals surface area contributed by atoms with Gasteiger partial charge in [-0.3, -0.25) is 4.79 Å². The smallest absolute Gasteiger partial charge is 0.224 e. The summed E-state index contributed by atoms with van der Waals surface area (Å²) in [6.45, 7) is 3.18. The summed E-state index contributed by atoms with van der Waals surface area (Å²) < 4.78 is 11.1. The molecule has 0 aliphatic carbocycles. The van der Waals surface area contributed by atoms with Crippen LogP contribution >= 0.6 is 0 Å². The van der Waals surface area contributed by atoms with Crippen molar-refractivity contribution in [2.24, 2.45) is 5.73 Å². The highest BCUT2D eigenvalue weighted by atomic mass is 16.5. The van der Waals surface area contributed by atoms with Crippen LogP contribution in [0.5, 0.6) is 11.5 Å². The van der Waals surface area contributed by atoms with E-state index in [0.29, 0.717) is 31.8 Å². The SMILES string of the molecule is CC(N)CCC(=O)Nc1ccc2c(c1)OCCCO2. The number of carbonyl (C=O) groups excluding carboxylic acids is 1. The number of amides is 1. The second-order valence-corrected chi connectivity index (χ2v) is 4.78. The number of hydrogen-bond acceptors (Lipinski definition) is 4. The van der Waals surface area contributed by atoms with Crippen molar-refractivity contribution in [1.82, 2.24) is 0 Å². The zero-order valence-corrected chi connectivity index (χ0v) is 11.1. The van der Waals surface area contributed by atoms with Gasteiger partial charge in [-0.25, -0.2) is 0 Å². The molecule has 1 aliphatic rings. The van der Waals surface area contributed by atoms with Crippen LogP contribution in [0.3, 0.4) is 0 Å². The van der Waals surface area contributed by atoms with Gasteiger partial charge in [0.05, 0.1) is 13.2 Å². The summed E-state index contributed by atoms with van der Waals surface area (Å²) in [6, 6.07) is 5.47. The van der Waals surface area contributed by atoms with Crippen molar-refractivity contribution in [2.75, 3.05) is 18.5 Å². The molecule has 1 aromatic carbocycles. The van der Waals surface area contributed by atoms with Gasteiger partial charge >= 0.3 is 0 Å². The van der Waals surface area contributed by atoms with Gasteiger partial charge in [0.25, 0.3) is 0 Å². The predicted octanol–water partition coefficient (Wildman–Crippen LogP) is 1.91. The molecule has 1 aliphatic heterocycles. The zero-order valence-electron chi connectivity index (χ0n) is 11.1. The lowest BCUT2D eigenvalue weighted by molar-refractivity contribution is -0.116. The van der Waals surface area contributed by atoms with Crippen molar-refractivity contribution in [3.63, 3.8) is 0 Å². The summed E-state index contributed by atoms with van der Waals surface area (Å²) >= 11 is 0. The maximum Gasteiger partial charge on any atom is 0.224 e. The van der Waals surface area contributed by atoms with Gasteiger partial charge < -0.3 is 20.5 Å². The molecule has 1 aromatic rings. The van der Waals surface area contributed by atoms with Crippen LogP contribution in [0, 0.1) is 0 Å². The maximum absolute atomic E-state index is 11.7. The molecule has 19 heavy (non-hydrogen) atoms. The van der Waals surface area contributed by atoms with Crippen LogP contribution in [0.4, 0.5) is 5.69 Å². The number of nitrogens with two attached hydrogens (primary N) is 1. The number of anilines is 1. The number of ether oxygens (including phenoxy) is 2. The maximum atomic E-state index is 11.7. The van der Waals surface area contributed by atoms with Crippen molar-refractivity contribution in [1.29, 1.82) is 0 Å². The first-order valence-electron chi connectivity index (χ1n) is 6.60. The Labute approximate surface area is 113 Å². The molecule has 0 radical (unpaired) electrons. The summed E-state index contributed by atoms with van der Waals surface area (Å²) in [7, 11) is 0. The molecule has 0 fully saturated rings. The van der Waals surface area contributed by atoms with Gasteiger partial charge in [0, 0.05) is 30.6 Å². The van der Waals surface area contributed by atoms with E-state index in [9.17, 15) is 4.79 Å². The molecule has 0 bridgehead atoms. The highest BCUT2D eigenvalue weighted by Crippen LogP contribution is 2.32. The van der Waals surface area contributed by atoms with Crippen molar-refractivity contribution < 1.29 is 14.3 Å². The summed E-state index contributed by atoms with van der Waals surface area (Å²) in [5.74, 6) is 1.38. The van der Waals surface area contributed by atoms with Gasteiger partial charge in [-0.15, -0.1) is 0 Å². The highest BCUT2D eigenvalue weighted by molar-refractivity contribution is 5.91. The fraction of sp³-hybridized carbons (Fsp3) is 0.500. The third-order valence-corrected chi connectivity index (χ3v) is 2.86. The Morgan fingerprint density at radius 2 is 2.11 bits per heavy atom. The van der Waals surface area contributed by atoms with Crippen LogP contribution in [-0.4, -0.2) is 25.2 Å². The zero-order chi connectivity index (χ0) is 13.7. The first-order chi connectivity index (χ1) is 9.15. The molecule has 104 valence electrons. The van der Waals surface area contributed by atoms with Crippen molar-refractivity contribution in [3.05, 3.63) is 18.2 Å². The lowest BCUT2D eigenvalue weighted by Gasteiger charge is -2.11. The molecule has 0 saturated heterocycles. The second-order valence-electron chi connectivity index (χ2n) is 4.78. The van der Waals surface area contributed by atoms with E-state index in [-0.39, 0.29) is 11.9 Å². The van der Waals surface area contributed by atoms with Crippen LogP contribution in [-0.2, 0) is 4.79 Å². The number of carbonyl (C=O) groups is 1. The Morgan fingerprint density at radius 3 is 2.84 bits per heavy atom. The fourth-order valence-corrected chi connectivity index (χ4v) is 1.82. The minimum absolute atomic E-state index is 0.0354. The average molecular weight is 264 g/mol. The van der Waals surface area contributed by atoms with Gasteiger partial charge in [0.1, 0.15) is 0 Å². The predicted molar refractivity (Wildman–Crippen MR) is 73.6 cm³/mol. The van der Waals surface area contributed by atoms with E-state index in [1.165, 1.54) is 0 Å². The molecule has 0 saturated carbocycles. The van der Waals surface area contributed by atoms with E-state index in [2.05, 4.69) is 5.32 Å². The van der Waals surface area contributed by atoms with Crippen molar-refractivity contribution >= 4 is 11.6 Å². The third kappa shape index (κ3) is 4.13. The quantitative estimate of drug-likeness (QED) is 0.871. The topological polar surface area (TPSA) is 73.6 Å². The minimum Gasteiger partial charge on any atom is -0.490 e. The largest absolute Gasteiger partial charge is 0.490 e. The summed E-state index contributed by atoms with van der Waals surface area (Å²) in [5, 5.41) is 2.84. The summed E-state index contributed by atoms with van der Waals surface area (Å²) in [4.78, 5) is 11.7. The molecular weight excluding hydrogens is 244 g/mol. The number of hydrogen-bond donors (Lipinski definition) is 2. The molecule has 5 heteroatoms. The lowest BCUT2D eigenvalue weighted by atomic mass is 10.2. The molecule has 0 spiro atoms. The van der Waals surface area contributed by atoms with Gasteiger partial charge in [0.2, 0.25) is 5.91 Å². The normalized spacial score (nSPS) is 15.5. The molecule has 1 unspecified atom stereocenters. The highest BCUT2D eigenvalue weighted by Gasteiger charge is 2.12. The monoisotopic (exact) mass is 264 g/mol. The van der Waals surface area contributed by atoms with Crippen LogP contribution in [0.2, 0.25) is 0 Å². The van der Waals surface area contributed by atoms with E-state index < -0.39 is 0 Å². The first-order valence-corrected chi connectivity index (χ1v) is 6.60. The Morgan fingerprint density at radius 1 is 1.37 bits per heavy atom. The Hall–Kier alpha value is -1.75. The second kappa shape index (κ2) is 6.43. The first kappa shape index (κ1) is 13.7. The third-order valence-electron chi connectivity index (χ3n) is 2.86. The summed E-state index contributed by atoms with van der Waals surface area (Å²) in [6.07, 6.45) is 1.97. The van der Waals surface area contributed by atoms with E-state index in [1.54, 1.807) is 6.07 Å². The standard InChI is InChI=1S/C14H20N2O3/c1-10(15)3-6-14(17)16-11-4-5-12-13(9-11)19-8-2-7-18-12/h4-5,9-10H,2-3,6-8,15H2,1H3,(H,16,17). The number of nitrogens with one attached hydrogen (secondary N) is 1.